The summed E-state index contributed by atoms with van der Waals surface area (Å²) >= 11 is 0. The van der Waals surface area contributed by atoms with Gasteiger partial charge in [-0.25, -0.2) is 9.89 Å². The number of hydrogen-bond donors (Lipinski definition) is 2. The third-order valence-corrected chi connectivity index (χ3v) is 4.69. The van der Waals surface area contributed by atoms with Gasteiger partial charge in [-0.3, -0.25) is 9.78 Å². The number of amides is 1. The van der Waals surface area contributed by atoms with Crippen molar-refractivity contribution in [3.63, 3.8) is 0 Å². The van der Waals surface area contributed by atoms with E-state index in [-0.39, 0.29) is 19.1 Å². The number of carbonyl (C=O) groups excluding carboxylic acids is 1. The molecule has 0 spiro atoms. The maximum absolute atomic E-state index is 12.6. The molecule has 0 saturated heterocycles. The first-order valence-corrected chi connectivity index (χ1v) is 8.46. The van der Waals surface area contributed by atoms with E-state index in [2.05, 4.69) is 20.3 Å². The third kappa shape index (κ3) is 2.75. The Labute approximate surface area is 152 Å². The SMILES string of the molecule is O=C(Cc1n[nH]c(=O)[nH]1)N1CCc2onc(-c3ccc4c(c3)OCO4)c2C1. The van der Waals surface area contributed by atoms with Crippen LogP contribution in [-0.2, 0) is 24.2 Å². The van der Waals surface area contributed by atoms with Gasteiger partial charge < -0.3 is 18.9 Å². The number of aromatic amines is 2. The Morgan fingerprint density at radius 2 is 2.15 bits per heavy atom. The number of hydrogen-bond acceptors (Lipinski definition) is 7. The largest absolute Gasteiger partial charge is 0.454 e. The Kier molecular flexibility index (Phi) is 3.49. The highest BCUT2D eigenvalue weighted by Gasteiger charge is 2.28. The summed E-state index contributed by atoms with van der Waals surface area (Å²) in [5, 5.41) is 10.2. The molecule has 2 N–H and O–H groups in total. The van der Waals surface area contributed by atoms with E-state index < -0.39 is 5.69 Å². The first kappa shape index (κ1) is 15.7. The lowest BCUT2D eigenvalue weighted by Crippen LogP contribution is -2.36. The second-order valence-electron chi connectivity index (χ2n) is 6.37. The Hall–Kier alpha value is -3.56. The lowest BCUT2D eigenvalue weighted by Gasteiger charge is -2.26. The molecule has 0 atom stereocenters. The number of rotatable bonds is 3. The van der Waals surface area contributed by atoms with E-state index in [1.807, 2.05) is 18.2 Å². The minimum atomic E-state index is -0.428. The van der Waals surface area contributed by atoms with Crippen molar-refractivity contribution in [3.8, 4) is 22.8 Å². The number of ether oxygens (including phenoxy) is 2. The van der Waals surface area contributed by atoms with Crippen LogP contribution in [-0.4, -0.2) is 44.5 Å². The monoisotopic (exact) mass is 369 g/mol. The van der Waals surface area contributed by atoms with Crippen molar-refractivity contribution in [2.24, 2.45) is 0 Å². The number of carbonyl (C=O) groups is 1. The van der Waals surface area contributed by atoms with E-state index in [1.165, 1.54) is 0 Å². The van der Waals surface area contributed by atoms with E-state index in [9.17, 15) is 9.59 Å². The molecule has 0 unspecified atom stereocenters. The molecule has 5 rings (SSSR count). The molecule has 27 heavy (non-hydrogen) atoms. The molecule has 0 saturated carbocycles. The van der Waals surface area contributed by atoms with Crippen molar-refractivity contribution in [1.29, 1.82) is 0 Å². The maximum Gasteiger partial charge on any atom is 0.340 e. The van der Waals surface area contributed by atoms with Crippen LogP contribution in [0.25, 0.3) is 11.3 Å². The summed E-state index contributed by atoms with van der Waals surface area (Å²) in [7, 11) is 0. The Balaban J connectivity index is 1.40. The fraction of sp³-hybridized carbons (Fsp3) is 0.294. The van der Waals surface area contributed by atoms with E-state index in [4.69, 9.17) is 14.0 Å². The zero-order valence-electron chi connectivity index (χ0n) is 14.2. The van der Waals surface area contributed by atoms with Crippen molar-refractivity contribution in [1.82, 2.24) is 25.2 Å². The molecule has 10 nitrogen and oxygen atoms in total. The van der Waals surface area contributed by atoms with Crippen molar-refractivity contribution in [2.45, 2.75) is 19.4 Å². The summed E-state index contributed by atoms with van der Waals surface area (Å²) in [6, 6.07) is 5.58. The fourth-order valence-corrected chi connectivity index (χ4v) is 3.34. The number of fused-ring (bicyclic) bond motifs is 2. The molecule has 3 aromatic rings. The Morgan fingerprint density at radius 1 is 1.26 bits per heavy atom. The van der Waals surface area contributed by atoms with Crippen molar-refractivity contribution < 1.29 is 18.8 Å². The molecular formula is C17H15N5O5. The molecular weight excluding hydrogens is 354 g/mol. The highest BCUT2D eigenvalue weighted by Crippen LogP contribution is 2.38. The summed E-state index contributed by atoms with van der Waals surface area (Å²) in [4.78, 5) is 27.9. The van der Waals surface area contributed by atoms with Gasteiger partial charge in [0.2, 0.25) is 12.7 Å². The molecule has 1 aromatic carbocycles. The van der Waals surface area contributed by atoms with Gasteiger partial charge in [0.15, 0.2) is 11.5 Å². The second kappa shape index (κ2) is 6.01. The molecule has 138 valence electrons. The zero-order chi connectivity index (χ0) is 18.4. The fourth-order valence-electron chi connectivity index (χ4n) is 3.34. The number of nitrogens with zero attached hydrogens (tertiary/aromatic N) is 3. The molecule has 0 aliphatic carbocycles. The highest BCUT2D eigenvalue weighted by molar-refractivity contribution is 5.79. The van der Waals surface area contributed by atoms with Gasteiger partial charge in [-0.05, 0) is 18.2 Å². The average molecular weight is 369 g/mol. The summed E-state index contributed by atoms with van der Waals surface area (Å²) in [6.45, 7) is 1.11. The minimum Gasteiger partial charge on any atom is -0.454 e. The van der Waals surface area contributed by atoms with Gasteiger partial charge in [-0.1, -0.05) is 5.16 Å². The highest BCUT2D eigenvalue weighted by atomic mass is 16.7. The van der Waals surface area contributed by atoms with Crippen LogP contribution in [0.5, 0.6) is 11.5 Å². The van der Waals surface area contributed by atoms with Crippen molar-refractivity contribution >= 4 is 5.91 Å². The predicted octanol–water partition coefficient (Wildman–Crippen LogP) is 0.609. The lowest BCUT2D eigenvalue weighted by atomic mass is 10.0. The van der Waals surface area contributed by atoms with Crippen molar-refractivity contribution in [2.75, 3.05) is 13.3 Å². The smallest absolute Gasteiger partial charge is 0.340 e. The Bertz CT molecular complexity index is 1080. The van der Waals surface area contributed by atoms with Crippen LogP contribution in [0.4, 0.5) is 0 Å². The van der Waals surface area contributed by atoms with Gasteiger partial charge in [-0.15, -0.1) is 0 Å². The number of aromatic nitrogens is 4. The first-order valence-electron chi connectivity index (χ1n) is 8.46. The number of nitrogens with one attached hydrogen (secondary N) is 2. The van der Waals surface area contributed by atoms with Crippen LogP contribution in [0.3, 0.4) is 0 Å². The van der Waals surface area contributed by atoms with Gasteiger partial charge >= 0.3 is 5.69 Å². The molecule has 2 aliphatic rings. The molecule has 0 fully saturated rings. The van der Waals surface area contributed by atoms with Crippen LogP contribution in [0.1, 0.15) is 17.1 Å². The van der Waals surface area contributed by atoms with Crippen LogP contribution in [0.2, 0.25) is 0 Å². The zero-order valence-corrected chi connectivity index (χ0v) is 14.2. The minimum absolute atomic E-state index is 0.0265. The average Bonchev–Trinajstić information content (AvgIpc) is 3.39. The van der Waals surface area contributed by atoms with E-state index in [0.717, 1.165) is 16.9 Å². The van der Waals surface area contributed by atoms with E-state index >= 15 is 0 Å². The Morgan fingerprint density at radius 3 is 3.00 bits per heavy atom. The van der Waals surface area contributed by atoms with Gasteiger partial charge in [-0.2, -0.15) is 5.10 Å². The molecule has 2 aromatic heterocycles. The van der Waals surface area contributed by atoms with E-state index in [0.29, 0.717) is 42.5 Å². The first-order chi connectivity index (χ1) is 13.2. The molecule has 0 radical (unpaired) electrons. The lowest BCUT2D eigenvalue weighted by molar-refractivity contribution is -0.131. The van der Waals surface area contributed by atoms with Crippen LogP contribution in [0.15, 0.2) is 27.5 Å². The second-order valence-corrected chi connectivity index (χ2v) is 6.37. The maximum atomic E-state index is 12.6. The topological polar surface area (TPSA) is 126 Å². The van der Waals surface area contributed by atoms with Gasteiger partial charge in [0, 0.05) is 24.1 Å². The molecule has 10 heteroatoms. The van der Waals surface area contributed by atoms with Crippen LogP contribution < -0.4 is 15.2 Å². The van der Waals surface area contributed by atoms with E-state index in [1.54, 1.807) is 4.90 Å². The van der Waals surface area contributed by atoms with Crippen molar-refractivity contribution in [3.05, 3.63) is 45.8 Å². The summed E-state index contributed by atoms with van der Waals surface area (Å²) in [6.07, 6.45) is 0.606. The standard InChI is InChI=1S/C17H15N5O5/c23-15(6-14-18-17(24)20-19-14)22-4-3-11-10(7-22)16(21-27-11)9-1-2-12-13(5-9)26-8-25-12/h1-2,5H,3-4,6-8H2,(H2,18,19,20,24). The molecule has 1 amide bonds. The molecule has 2 aliphatic heterocycles. The summed E-state index contributed by atoms with van der Waals surface area (Å²) in [5.74, 6) is 2.33. The predicted molar refractivity (Wildman–Crippen MR) is 90.1 cm³/mol. The number of benzene rings is 1. The van der Waals surface area contributed by atoms with Gasteiger partial charge in [0.05, 0.1) is 13.0 Å². The normalized spacial score (nSPS) is 15.0. The quantitative estimate of drug-likeness (QED) is 0.692. The van der Waals surface area contributed by atoms with Gasteiger partial charge in [0.25, 0.3) is 0 Å². The van der Waals surface area contributed by atoms with Crippen LogP contribution >= 0.6 is 0 Å². The van der Waals surface area contributed by atoms with Gasteiger partial charge in [0.1, 0.15) is 17.3 Å². The van der Waals surface area contributed by atoms with Crippen LogP contribution in [0, 0.1) is 0 Å². The molecule has 4 heterocycles. The number of H-pyrrole nitrogens is 2. The summed E-state index contributed by atoms with van der Waals surface area (Å²) < 4.78 is 16.2. The molecule has 0 bridgehead atoms. The summed E-state index contributed by atoms with van der Waals surface area (Å²) in [5.41, 5.74) is 1.98. The third-order valence-electron chi connectivity index (χ3n) is 4.69.